The first-order chi connectivity index (χ1) is 8.50. The Morgan fingerprint density at radius 3 is 2.89 bits per heavy atom. The summed E-state index contributed by atoms with van der Waals surface area (Å²) in [4.78, 5) is 0. The zero-order valence-electron chi connectivity index (χ0n) is 9.97. The van der Waals surface area contributed by atoms with Crippen molar-refractivity contribution in [1.82, 2.24) is 10.7 Å². The molecule has 0 radical (unpaired) electrons. The zero-order chi connectivity index (χ0) is 13.5. The summed E-state index contributed by atoms with van der Waals surface area (Å²) in [5, 5.41) is 25.9. The first-order valence-corrected chi connectivity index (χ1v) is 5.63. The van der Waals surface area contributed by atoms with Crippen LogP contribution in [-0.2, 0) is 0 Å². The Bertz CT molecular complexity index is 486. The largest absolute Gasteiger partial charge is 0.504 e. The number of hydrogen-bond acceptors (Lipinski definition) is 4. The maximum atomic E-state index is 9.51. The minimum atomic E-state index is -0.219. The molecular weight excluding hydrogens is 250 g/mol. The number of hydrogen-bond donors (Lipinski definition) is 4. The predicted octanol–water partition coefficient (Wildman–Crippen LogP) is 1.47. The molecule has 0 atom stereocenters. The molecule has 1 aromatic rings. The summed E-state index contributed by atoms with van der Waals surface area (Å²) in [6, 6.07) is 4.61. The second-order valence-electron chi connectivity index (χ2n) is 3.72. The quantitative estimate of drug-likeness (QED) is 0.218. The van der Waals surface area contributed by atoms with Crippen molar-refractivity contribution in [3.05, 3.63) is 35.9 Å². The molecule has 4 N–H and O–H groups in total. The van der Waals surface area contributed by atoms with Crippen molar-refractivity contribution in [2.75, 3.05) is 6.54 Å². The van der Waals surface area contributed by atoms with Gasteiger partial charge in [-0.1, -0.05) is 18.2 Å². The van der Waals surface area contributed by atoms with Gasteiger partial charge in [0.05, 0.1) is 6.21 Å². The molecule has 18 heavy (non-hydrogen) atoms. The van der Waals surface area contributed by atoms with Crippen LogP contribution in [0.4, 0.5) is 0 Å². The molecule has 0 fully saturated rings. The summed E-state index contributed by atoms with van der Waals surface area (Å²) < 4.78 is 0. The van der Waals surface area contributed by atoms with Gasteiger partial charge in [-0.15, -0.1) is 0 Å². The second-order valence-corrected chi connectivity index (χ2v) is 4.13. The average Bonchev–Trinajstić information content (AvgIpc) is 2.32. The highest BCUT2D eigenvalue weighted by molar-refractivity contribution is 7.80. The van der Waals surface area contributed by atoms with Crippen molar-refractivity contribution in [3.63, 3.8) is 0 Å². The normalized spacial score (nSPS) is 10.3. The van der Waals surface area contributed by atoms with Gasteiger partial charge in [0.25, 0.3) is 0 Å². The van der Waals surface area contributed by atoms with E-state index in [2.05, 4.69) is 22.4 Å². The van der Waals surface area contributed by atoms with Gasteiger partial charge in [0, 0.05) is 12.1 Å². The molecule has 0 unspecified atom stereocenters. The van der Waals surface area contributed by atoms with Crippen LogP contribution in [0, 0.1) is 0 Å². The molecule has 0 saturated heterocycles. The molecule has 0 aliphatic heterocycles. The highest BCUT2D eigenvalue weighted by Gasteiger charge is 2.02. The molecule has 0 aliphatic carbocycles. The van der Waals surface area contributed by atoms with Gasteiger partial charge in [-0.2, -0.15) is 5.10 Å². The Kier molecular flexibility index (Phi) is 5.13. The van der Waals surface area contributed by atoms with E-state index in [0.29, 0.717) is 17.2 Å². The summed E-state index contributed by atoms with van der Waals surface area (Å²) in [6.07, 6.45) is 1.36. The lowest BCUT2D eigenvalue weighted by atomic mass is 10.2. The molecule has 0 amide bonds. The van der Waals surface area contributed by atoms with Gasteiger partial charge in [-0.05, 0) is 31.3 Å². The first-order valence-electron chi connectivity index (χ1n) is 5.23. The number of para-hydroxylation sites is 1. The van der Waals surface area contributed by atoms with E-state index < -0.39 is 0 Å². The van der Waals surface area contributed by atoms with Crippen LogP contribution in [0.15, 0.2) is 35.5 Å². The van der Waals surface area contributed by atoms with E-state index in [0.717, 1.165) is 5.57 Å². The summed E-state index contributed by atoms with van der Waals surface area (Å²) in [6.45, 7) is 6.17. The molecule has 0 spiro atoms. The summed E-state index contributed by atoms with van der Waals surface area (Å²) >= 11 is 4.96. The predicted molar refractivity (Wildman–Crippen MR) is 75.9 cm³/mol. The van der Waals surface area contributed by atoms with Crippen LogP contribution < -0.4 is 10.7 Å². The van der Waals surface area contributed by atoms with Gasteiger partial charge in [0.15, 0.2) is 16.6 Å². The lowest BCUT2D eigenvalue weighted by Gasteiger charge is -2.06. The molecule has 0 aliphatic rings. The van der Waals surface area contributed by atoms with E-state index in [1.807, 2.05) is 6.92 Å². The Morgan fingerprint density at radius 2 is 2.22 bits per heavy atom. The van der Waals surface area contributed by atoms with Gasteiger partial charge in [0.2, 0.25) is 0 Å². The second kappa shape index (κ2) is 6.61. The van der Waals surface area contributed by atoms with E-state index in [-0.39, 0.29) is 11.5 Å². The Morgan fingerprint density at radius 1 is 1.50 bits per heavy atom. The number of hydrazone groups is 1. The van der Waals surface area contributed by atoms with Crippen molar-refractivity contribution in [1.29, 1.82) is 0 Å². The topological polar surface area (TPSA) is 76.9 Å². The highest BCUT2D eigenvalue weighted by atomic mass is 32.1. The number of aromatic hydroxyl groups is 2. The Balaban J connectivity index is 2.52. The molecule has 0 aromatic heterocycles. The lowest BCUT2D eigenvalue weighted by Crippen LogP contribution is -2.32. The number of thiocarbonyl (C=S) groups is 1. The van der Waals surface area contributed by atoms with Crippen molar-refractivity contribution in [2.24, 2.45) is 5.10 Å². The van der Waals surface area contributed by atoms with Crippen LogP contribution in [0.2, 0.25) is 0 Å². The third-order valence-electron chi connectivity index (χ3n) is 1.97. The minimum Gasteiger partial charge on any atom is -0.504 e. The smallest absolute Gasteiger partial charge is 0.187 e. The third kappa shape index (κ3) is 4.42. The average molecular weight is 265 g/mol. The van der Waals surface area contributed by atoms with Crippen LogP contribution in [0.3, 0.4) is 0 Å². The first kappa shape index (κ1) is 14.0. The van der Waals surface area contributed by atoms with E-state index in [9.17, 15) is 10.2 Å². The van der Waals surface area contributed by atoms with Crippen molar-refractivity contribution in [2.45, 2.75) is 6.92 Å². The Hall–Kier alpha value is -2.08. The Labute approximate surface area is 111 Å². The molecule has 5 nitrogen and oxygen atoms in total. The van der Waals surface area contributed by atoms with Crippen LogP contribution >= 0.6 is 12.2 Å². The number of rotatable bonds is 4. The molecular formula is C12H15N3O2S. The van der Waals surface area contributed by atoms with Crippen molar-refractivity contribution >= 4 is 23.5 Å². The SMILES string of the molecule is C=C(C)CNC(=S)N/N=C/c1cccc(O)c1O. The standard InChI is InChI=1S/C12H15N3O2S/c1-8(2)6-13-12(18)15-14-7-9-4-3-5-10(16)11(9)17/h3-5,7,16-17H,1,6H2,2H3,(H2,13,15,18)/b14-7+. The van der Waals surface area contributed by atoms with Gasteiger partial charge in [-0.25, -0.2) is 0 Å². The van der Waals surface area contributed by atoms with Gasteiger partial charge >= 0.3 is 0 Å². The van der Waals surface area contributed by atoms with E-state index in [1.165, 1.54) is 12.3 Å². The van der Waals surface area contributed by atoms with Crippen LogP contribution in [0.25, 0.3) is 0 Å². The minimum absolute atomic E-state index is 0.193. The maximum Gasteiger partial charge on any atom is 0.187 e. The summed E-state index contributed by atoms with van der Waals surface area (Å²) in [7, 11) is 0. The van der Waals surface area contributed by atoms with Gasteiger partial charge < -0.3 is 15.5 Å². The van der Waals surface area contributed by atoms with Crippen LogP contribution in [-0.4, -0.2) is 28.1 Å². The fraction of sp³-hybridized carbons (Fsp3) is 0.167. The highest BCUT2D eigenvalue weighted by Crippen LogP contribution is 2.26. The fourth-order valence-electron chi connectivity index (χ4n) is 1.08. The monoisotopic (exact) mass is 265 g/mol. The van der Waals surface area contributed by atoms with E-state index in [4.69, 9.17) is 12.2 Å². The van der Waals surface area contributed by atoms with E-state index >= 15 is 0 Å². The van der Waals surface area contributed by atoms with Gasteiger partial charge in [-0.3, -0.25) is 5.43 Å². The van der Waals surface area contributed by atoms with Crippen LogP contribution in [0.1, 0.15) is 12.5 Å². The van der Waals surface area contributed by atoms with E-state index in [1.54, 1.807) is 12.1 Å². The van der Waals surface area contributed by atoms with Gasteiger partial charge in [0.1, 0.15) is 0 Å². The maximum absolute atomic E-state index is 9.51. The molecule has 0 heterocycles. The van der Waals surface area contributed by atoms with Crippen molar-refractivity contribution < 1.29 is 10.2 Å². The molecule has 6 heteroatoms. The number of nitrogens with one attached hydrogen (secondary N) is 2. The number of benzene rings is 1. The van der Waals surface area contributed by atoms with Crippen LogP contribution in [0.5, 0.6) is 11.5 Å². The van der Waals surface area contributed by atoms with Crippen molar-refractivity contribution in [3.8, 4) is 11.5 Å². The molecule has 96 valence electrons. The number of phenols is 2. The third-order valence-corrected chi connectivity index (χ3v) is 2.20. The molecule has 1 rings (SSSR count). The zero-order valence-corrected chi connectivity index (χ0v) is 10.8. The number of phenolic OH excluding ortho intramolecular Hbond substituents is 2. The summed E-state index contributed by atoms with van der Waals surface area (Å²) in [5.41, 5.74) is 3.94. The molecule has 1 aromatic carbocycles. The number of nitrogens with zero attached hydrogens (tertiary/aromatic N) is 1. The molecule has 0 saturated carbocycles. The fourth-order valence-corrected chi connectivity index (χ4v) is 1.21. The summed E-state index contributed by atoms with van der Waals surface area (Å²) in [5.74, 6) is -0.411. The lowest BCUT2D eigenvalue weighted by molar-refractivity contribution is 0.403. The molecule has 0 bridgehead atoms.